The molecule has 14 rings (SSSR count). The van der Waals surface area contributed by atoms with Crippen LogP contribution in [-0.4, -0.2) is 335 Å². The van der Waals surface area contributed by atoms with Gasteiger partial charge in [0.2, 0.25) is 17.7 Å². The van der Waals surface area contributed by atoms with Crippen LogP contribution in [0.5, 0.6) is 46.0 Å². The first kappa shape index (κ1) is 121. The Kier molecular flexibility index (Phi) is 43.3. The molecular formula is C100H127Cl6N13O25S4. The lowest BCUT2D eigenvalue weighted by Gasteiger charge is -2.31. The molecule has 6 aliphatic heterocycles. The highest BCUT2D eigenvalue weighted by molar-refractivity contribution is 7.91. The Balaban J connectivity index is 0.000000219. The van der Waals surface area contributed by atoms with Gasteiger partial charge in [0.1, 0.15) is 39.3 Å². The number of fused-ring (bicyclic) bond motifs is 4. The minimum Gasteiger partial charge on any atom is -0.493 e. The summed E-state index contributed by atoms with van der Waals surface area (Å²) >= 11 is 25.8. The lowest BCUT2D eigenvalue weighted by atomic mass is 10.1. The van der Waals surface area contributed by atoms with Crippen molar-refractivity contribution in [1.82, 2.24) is 44.1 Å². The minimum atomic E-state index is -3.50. The van der Waals surface area contributed by atoms with E-state index in [4.69, 9.17) is 89.0 Å². The van der Waals surface area contributed by atoms with Crippen LogP contribution in [0.1, 0.15) is 138 Å². The number of nitrogens with zero attached hydrogens (tertiary/aromatic N) is 9. The van der Waals surface area contributed by atoms with Crippen molar-refractivity contribution in [1.29, 1.82) is 0 Å². The fraction of sp³-hybridized carbons (Fsp3) is 0.440. The Bertz CT molecular complexity index is 6680. The largest absolute Gasteiger partial charge is 0.493 e. The highest BCUT2D eigenvalue weighted by Gasteiger charge is 2.45. The molecule has 8 aromatic carbocycles. The van der Waals surface area contributed by atoms with E-state index in [1.807, 2.05) is 39.6 Å². The van der Waals surface area contributed by atoms with Gasteiger partial charge in [-0.2, -0.15) is 0 Å². The van der Waals surface area contributed by atoms with Gasteiger partial charge in [0, 0.05) is 147 Å². The number of morpholine rings is 1. The van der Waals surface area contributed by atoms with Crippen LogP contribution in [0, 0.1) is 0 Å². The van der Waals surface area contributed by atoms with Crippen molar-refractivity contribution in [3.63, 3.8) is 0 Å². The molecule has 38 nitrogen and oxygen atoms in total. The van der Waals surface area contributed by atoms with Crippen molar-refractivity contribution in [3.05, 3.63) is 208 Å². The standard InChI is InChI=1S/C27H35ClN4O6S.C26H32ClN3O7S.C24H30ClN3O6S.C23H28ClN3O6S.2ClH/c1-5-38-24-14-18(6-9-23(24)37-3)22(17-39(4,35)36)32-15-19-20(28)7-8-21(26(19)27(32)34)29-25(33)16-31-12-10-30(2)11-13-31;1-4-37-23-13-17(5-8-22(23)35-2)21(16-38(3,33)34)30-14-18-19(27)6-7-20(25(18)26(30)32)28-24(31)15-29-9-11-36-12-10-29;1-6-34-21-11-15(7-10-20(21)33-4)19(14-35(5,31)32)28-12-16-17(25)8-9-18(23(16)24(28)30)26-22(29)13-27(2)3;1-6-33-20-11-14(7-10-19(20)32-4)18(13-34(5,30)31)27-12-15-16(24)8-9-17(21(15)22(27)28)25-23(29)26(2)3;;/h6-9,14,22H,5,10-13,15-17H2,1-4H3,(H,29,33);5-8,13,21H,4,9-12,14-16H2,1-3H3,(H,28,31);7-11,19H,6,12-14H2,1-5H3,(H,26,29);7-11,18H,6,12-13H2,1-5H3,(H,25,29);2*1H/t22-;21-;19-;18-;;/m0000../s1. The van der Waals surface area contributed by atoms with Crippen LogP contribution >= 0.6 is 71.2 Å². The molecule has 48 heteroatoms. The molecule has 0 saturated carbocycles. The van der Waals surface area contributed by atoms with Crippen LogP contribution < -0.4 is 59.2 Å². The van der Waals surface area contributed by atoms with E-state index < -0.39 is 93.2 Å². The number of likely N-dealkylation sites (N-methyl/N-ethyl adjacent to an activating group) is 2. The molecule has 0 unspecified atom stereocenters. The van der Waals surface area contributed by atoms with Crippen LogP contribution in [0.25, 0.3) is 0 Å². The molecule has 6 aliphatic rings. The zero-order chi connectivity index (χ0) is 107. The van der Waals surface area contributed by atoms with Crippen LogP contribution in [0.15, 0.2) is 121 Å². The molecule has 2 fully saturated rings. The van der Waals surface area contributed by atoms with Gasteiger partial charge in [-0.15, -0.1) is 24.8 Å². The number of ether oxygens (including phenoxy) is 9. The number of carbonyl (C=O) groups excluding carboxylic acids is 8. The summed E-state index contributed by atoms with van der Waals surface area (Å²) < 4.78 is 149. The van der Waals surface area contributed by atoms with Gasteiger partial charge in [-0.25, -0.2) is 38.5 Å². The van der Waals surface area contributed by atoms with Gasteiger partial charge in [-0.1, -0.05) is 70.7 Å². The van der Waals surface area contributed by atoms with Crippen LogP contribution in [0.4, 0.5) is 27.5 Å². The molecule has 8 aromatic rings. The number of benzene rings is 8. The van der Waals surface area contributed by atoms with E-state index >= 15 is 0 Å². The summed E-state index contributed by atoms with van der Waals surface area (Å²) in [6, 6.07) is 29.6. The number of amides is 9. The van der Waals surface area contributed by atoms with E-state index in [-0.39, 0.29) is 134 Å². The third-order valence-corrected chi connectivity index (χ3v) is 29.5. The normalized spacial score (nSPS) is 15.4. The van der Waals surface area contributed by atoms with Gasteiger partial charge in [0.05, 0.1) is 180 Å². The number of piperazine rings is 1. The first-order chi connectivity index (χ1) is 69.0. The molecule has 148 heavy (non-hydrogen) atoms. The molecular weight excluding hydrogens is 2120 g/mol. The lowest BCUT2D eigenvalue weighted by molar-refractivity contribution is -0.118. The zero-order valence-electron chi connectivity index (χ0n) is 85.3. The van der Waals surface area contributed by atoms with Crippen molar-refractivity contribution in [2.45, 2.75) is 78.0 Å². The topological polar surface area (TPSA) is 433 Å². The zero-order valence-corrected chi connectivity index (χ0v) is 93.2. The lowest BCUT2D eigenvalue weighted by Crippen LogP contribution is -2.47. The van der Waals surface area contributed by atoms with E-state index in [0.717, 1.165) is 51.2 Å². The fourth-order valence-corrected chi connectivity index (χ4v) is 22.2. The smallest absolute Gasteiger partial charge is 0.321 e. The third-order valence-electron chi connectivity index (χ3n) is 24.4. The van der Waals surface area contributed by atoms with Gasteiger partial charge >= 0.3 is 6.03 Å². The van der Waals surface area contributed by atoms with Crippen molar-refractivity contribution in [3.8, 4) is 46.0 Å². The Labute approximate surface area is 896 Å². The average Bonchev–Trinajstić information content (AvgIpc) is 1.62. The van der Waals surface area contributed by atoms with Gasteiger partial charge in [-0.05, 0) is 168 Å². The molecule has 0 aliphatic carbocycles. The maximum absolute atomic E-state index is 13.9. The summed E-state index contributed by atoms with van der Waals surface area (Å²) in [6.45, 7) is 15.5. The molecule has 0 radical (unpaired) electrons. The van der Waals surface area contributed by atoms with Crippen LogP contribution in [0.3, 0.4) is 0 Å². The van der Waals surface area contributed by atoms with Gasteiger partial charge in [-0.3, -0.25) is 43.4 Å². The van der Waals surface area contributed by atoms with Gasteiger partial charge in [0.25, 0.3) is 23.6 Å². The number of carbonyl (C=O) groups is 8. The predicted octanol–water partition coefficient (Wildman–Crippen LogP) is 12.8. The highest BCUT2D eigenvalue weighted by Crippen LogP contribution is 2.48. The second-order valence-corrected chi connectivity index (χ2v) is 46.4. The fourth-order valence-electron chi connectivity index (χ4n) is 17.6. The summed E-state index contributed by atoms with van der Waals surface area (Å²) in [5, 5.41) is 12.7. The van der Waals surface area contributed by atoms with Gasteiger partial charge in [0.15, 0.2) is 46.0 Å². The first-order valence-electron chi connectivity index (χ1n) is 46.7. The van der Waals surface area contributed by atoms with E-state index in [1.165, 1.54) is 52.9 Å². The summed E-state index contributed by atoms with van der Waals surface area (Å²) in [4.78, 5) is 120. The number of halogens is 6. The SMILES string of the molecule is CCOc1cc([C@H](CS(C)(=O)=O)N2Cc3c(Cl)ccc(NC(=O)CN(C)C)c3C2=O)ccc1OC.CCOc1cc([C@H](CS(C)(=O)=O)N2Cc3c(Cl)ccc(NC(=O)CN4CCN(C)CC4)c3C2=O)ccc1OC.CCOc1cc([C@H](CS(C)(=O)=O)N2Cc3c(Cl)ccc(NC(=O)CN4CCOCC4)c3C2=O)ccc1OC.CCOc1cc([C@H](CS(C)(=O)=O)N2Cc3c(Cl)ccc(NC(=O)N(C)C)c3C2=O)ccc1OC.Cl.Cl. The molecule has 4 N–H and O–H groups in total. The number of sulfone groups is 4. The molecule has 808 valence electrons. The third kappa shape index (κ3) is 31.2. The Morgan fingerprint density at radius 2 is 0.615 bits per heavy atom. The Morgan fingerprint density at radius 1 is 0.365 bits per heavy atom. The molecule has 6 heterocycles. The quantitative estimate of drug-likeness (QED) is 0.0279. The summed E-state index contributed by atoms with van der Waals surface area (Å²) in [5.41, 5.74) is 6.91. The number of urea groups is 1. The minimum absolute atomic E-state index is 0. The van der Waals surface area contributed by atoms with Crippen molar-refractivity contribution in [2.75, 3.05) is 232 Å². The molecule has 0 aromatic heterocycles. The number of anilines is 4. The second-order valence-electron chi connectivity index (χ2n) is 36.0. The number of rotatable bonds is 38. The molecule has 9 amide bonds. The Morgan fingerprint density at radius 3 is 0.851 bits per heavy atom. The molecule has 0 spiro atoms. The maximum Gasteiger partial charge on any atom is 0.321 e. The molecule has 2 saturated heterocycles. The average molecular weight is 2250 g/mol. The molecule has 0 bridgehead atoms. The maximum atomic E-state index is 13.9. The van der Waals surface area contributed by atoms with Crippen molar-refractivity contribution >= 4 is 181 Å². The number of hydrogen-bond donors (Lipinski definition) is 4. The summed E-state index contributed by atoms with van der Waals surface area (Å²) in [7, 11) is 0.837. The molecule has 4 atom stereocenters. The number of hydrogen-bond acceptors (Lipinski definition) is 29. The summed E-state index contributed by atoms with van der Waals surface area (Å²) in [6.07, 6.45) is 4.51. The van der Waals surface area contributed by atoms with E-state index in [0.29, 0.717) is 186 Å². The number of nitrogens with one attached hydrogen (secondary N) is 4. The number of methoxy groups -OCH3 is 4. The first-order valence-corrected chi connectivity index (χ1v) is 56.4. The van der Waals surface area contributed by atoms with E-state index in [2.05, 4.69) is 31.1 Å². The monoisotopic (exact) mass is 2250 g/mol. The second kappa shape index (κ2) is 53.2. The van der Waals surface area contributed by atoms with Gasteiger partial charge < -0.3 is 98.2 Å². The van der Waals surface area contributed by atoms with E-state index in [9.17, 15) is 72.0 Å². The van der Waals surface area contributed by atoms with Crippen LogP contribution in [-0.2, 0) is 84.6 Å². The van der Waals surface area contributed by atoms with Crippen molar-refractivity contribution in [2.24, 2.45) is 0 Å². The van der Waals surface area contributed by atoms with E-state index in [1.54, 1.807) is 154 Å². The highest BCUT2D eigenvalue weighted by atomic mass is 35.5. The summed E-state index contributed by atoms with van der Waals surface area (Å²) in [5.74, 6) is 0.181. The predicted molar refractivity (Wildman–Crippen MR) is 575 cm³/mol. The van der Waals surface area contributed by atoms with Crippen LogP contribution in [0.2, 0.25) is 20.1 Å². The van der Waals surface area contributed by atoms with Crippen molar-refractivity contribution < 1.29 is 115 Å². The Hall–Kier alpha value is -10.9.